The van der Waals surface area contributed by atoms with Gasteiger partial charge in [-0.25, -0.2) is 8.78 Å². The van der Waals surface area contributed by atoms with E-state index in [1.165, 1.54) is 24.3 Å². The third kappa shape index (κ3) is 4.34. The van der Waals surface area contributed by atoms with Gasteiger partial charge in [0, 0.05) is 11.0 Å². The molecule has 0 bridgehead atoms. The van der Waals surface area contributed by atoms with E-state index in [9.17, 15) is 8.78 Å². The molecule has 126 valence electrons. The fraction of sp³-hybridized carbons (Fsp3) is 0.0909. The van der Waals surface area contributed by atoms with E-state index in [2.05, 4.69) is 0 Å². The van der Waals surface area contributed by atoms with Crippen LogP contribution in [0.4, 0.5) is 8.78 Å². The Bertz CT molecular complexity index is 818. The van der Waals surface area contributed by atoms with Gasteiger partial charge in [0.1, 0.15) is 11.6 Å². The van der Waals surface area contributed by atoms with Gasteiger partial charge in [-0.05, 0) is 47.9 Å². The normalized spacial score (nSPS) is 11.8. The van der Waals surface area contributed by atoms with Crippen molar-refractivity contribution in [2.24, 2.45) is 0 Å². The molecule has 0 saturated heterocycles. The minimum atomic E-state index is -0.296. The molecule has 3 heteroatoms. The lowest BCUT2D eigenvalue weighted by molar-refractivity contribution is 0.626. The minimum Gasteiger partial charge on any atom is -0.207 e. The Hall–Kier alpha value is -2.45. The maximum absolute atomic E-state index is 13.3. The van der Waals surface area contributed by atoms with Crippen LogP contribution in [0.1, 0.15) is 28.2 Å². The highest BCUT2D eigenvalue weighted by Gasteiger charge is 2.14. The molecule has 0 fully saturated rings. The number of halogens is 3. The van der Waals surface area contributed by atoms with Crippen molar-refractivity contribution >= 4 is 16.6 Å². The summed E-state index contributed by atoms with van der Waals surface area (Å²) in [6.07, 6.45) is 1.91. The number of allylic oxidation sites excluding steroid dienone is 1. The summed E-state index contributed by atoms with van der Waals surface area (Å²) in [5, 5.41) is 0.596. The molecular formula is C22H17ClF2. The van der Waals surface area contributed by atoms with Crippen molar-refractivity contribution in [1.82, 2.24) is 0 Å². The second-order valence-corrected chi connectivity index (χ2v) is 6.37. The standard InChI is InChI=1S/C22H17ClF2/c1-15-2-4-18(5-3-15)22(23)14-21(16-6-10-19(24)11-7-16)17-8-12-20(25)13-9-17/h2-14,21H,1H3/b22-14-. The average Bonchev–Trinajstić information content (AvgIpc) is 2.62. The van der Waals surface area contributed by atoms with Crippen LogP contribution in [0.15, 0.2) is 78.9 Å². The minimum absolute atomic E-state index is 0.199. The first-order valence-electron chi connectivity index (χ1n) is 7.98. The second kappa shape index (κ2) is 7.62. The molecule has 0 aliphatic heterocycles. The lowest BCUT2D eigenvalue weighted by atomic mass is 9.90. The van der Waals surface area contributed by atoms with Crippen molar-refractivity contribution in [3.8, 4) is 0 Å². The molecule has 25 heavy (non-hydrogen) atoms. The van der Waals surface area contributed by atoms with E-state index in [1.807, 2.05) is 37.3 Å². The Morgan fingerprint density at radius 2 is 1.20 bits per heavy atom. The number of aryl methyl sites for hydroxylation is 1. The first-order valence-corrected chi connectivity index (χ1v) is 8.36. The summed E-state index contributed by atoms with van der Waals surface area (Å²) in [5.41, 5.74) is 3.83. The Morgan fingerprint density at radius 3 is 1.64 bits per heavy atom. The van der Waals surface area contributed by atoms with Crippen LogP contribution < -0.4 is 0 Å². The van der Waals surface area contributed by atoms with Crippen molar-refractivity contribution in [2.45, 2.75) is 12.8 Å². The molecule has 0 nitrogen and oxygen atoms in total. The van der Waals surface area contributed by atoms with Crippen molar-refractivity contribution in [3.05, 3.63) is 113 Å². The molecule has 3 aromatic carbocycles. The van der Waals surface area contributed by atoms with E-state index < -0.39 is 0 Å². The van der Waals surface area contributed by atoms with Gasteiger partial charge < -0.3 is 0 Å². The molecule has 0 amide bonds. The van der Waals surface area contributed by atoms with Crippen molar-refractivity contribution in [3.63, 3.8) is 0 Å². The zero-order valence-electron chi connectivity index (χ0n) is 13.7. The fourth-order valence-corrected chi connectivity index (χ4v) is 2.93. The Morgan fingerprint density at radius 1 is 0.760 bits per heavy atom. The molecule has 0 unspecified atom stereocenters. The first-order chi connectivity index (χ1) is 12.0. The summed E-state index contributed by atoms with van der Waals surface area (Å²) in [6.45, 7) is 2.02. The van der Waals surface area contributed by atoms with Gasteiger partial charge in [-0.1, -0.05) is 71.8 Å². The fourth-order valence-electron chi connectivity index (χ4n) is 2.68. The van der Waals surface area contributed by atoms with Crippen LogP contribution in [0.5, 0.6) is 0 Å². The van der Waals surface area contributed by atoms with E-state index in [0.29, 0.717) is 5.03 Å². The number of rotatable bonds is 4. The van der Waals surface area contributed by atoms with Gasteiger partial charge in [0.15, 0.2) is 0 Å². The molecule has 0 heterocycles. The largest absolute Gasteiger partial charge is 0.207 e. The van der Waals surface area contributed by atoms with E-state index in [4.69, 9.17) is 11.6 Å². The van der Waals surface area contributed by atoms with E-state index in [0.717, 1.165) is 22.3 Å². The molecule has 3 rings (SSSR count). The molecule has 0 saturated carbocycles. The molecule has 3 aromatic rings. The van der Waals surface area contributed by atoms with Crippen LogP contribution >= 0.6 is 11.6 Å². The lowest BCUT2D eigenvalue weighted by Crippen LogP contribution is -1.99. The van der Waals surface area contributed by atoms with Crippen LogP contribution in [0.25, 0.3) is 5.03 Å². The Labute approximate surface area is 151 Å². The molecule has 0 spiro atoms. The third-order valence-electron chi connectivity index (χ3n) is 4.10. The Balaban J connectivity index is 2.03. The topological polar surface area (TPSA) is 0 Å². The molecule has 0 aliphatic rings. The summed E-state index contributed by atoms with van der Waals surface area (Å²) in [6, 6.07) is 20.5. The number of hydrogen-bond donors (Lipinski definition) is 0. The molecule has 0 N–H and O–H groups in total. The van der Waals surface area contributed by atoms with E-state index >= 15 is 0 Å². The average molecular weight is 355 g/mol. The Kier molecular flexibility index (Phi) is 5.30. The molecule has 0 radical (unpaired) electrons. The van der Waals surface area contributed by atoms with Gasteiger partial charge in [-0.3, -0.25) is 0 Å². The van der Waals surface area contributed by atoms with Crippen LogP contribution in [0, 0.1) is 18.6 Å². The summed E-state index contributed by atoms with van der Waals surface area (Å²) < 4.78 is 26.6. The highest BCUT2D eigenvalue weighted by molar-refractivity contribution is 6.48. The molecule has 0 aliphatic carbocycles. The lowest BCUT2D eigenvalue weighted by Gasteiger charge is -2.15. The van der Waals surface area contributed by atoms with Crippen molar-refractivity contribution in [2.75, 3.05) is 0 Å². The summed E-state index contributed by atoms with van der Waals surface area (Å²) >= 11 is 6.53. The smallest absolute Gasteiger partial charge is 0.123 e. The number of benzene rings is 3. The van der Waals surface area contributed by atoms with Gasteiger partial charge in [0.05, 0.1) is 0 Å². The van der Waals surface area contributed by atoms with Crippen molar-refractivity contribution < 1.29 is 8.78 Å². The van der Waals surface area contributed by atoms with E-state index in [1.54, 1.807) is 24.3 Å². The van der Waals surface area contributed by atoms with Crippen LogP contribution in [-0.2, 0) is 0 Å². The predicted octanol–water partition coefficient (Wildman–Crippen LogP) is 6.69. The summed E-state index contributed by atoms with van der Waals surface area (Å²) in [4.78, 5) is 0. The van der Waals surface area contributed by atoms with Gasteiger partial charge in [0.2, 0.25) is 0 Å². The molecule has 0 aromatic heterocycles. The molecular weight excluding hydrogens is 338 g/mol. The van der Waals surface area contributed by atoms with Gasteiger partial charge >= 0.3 is 0 Å². The quantitative estimate of drug-likeness (QED) is 0.490. The van der Waals surface area contributed by atoms with Gasteiger partial charge in [-0.2, -0.15) is 0 Å². The predicted molar refractivity (Wildman–Crippen MR) is 99.7 cm³/mol. The maximum atomic E-state index is 13.3. The van der Waals surface area contributed by atoms with Crippen LogP contribution in [-0.4, -0.2) is 0 Å². The van der Waals surface area contributed by atoms with Gasteiger partial charge in [0.25, 0.3) is 0 Å². The van der Waals surface area contributed by atoms with Crippen LogP contribution in [0.2, 0.25) is 0 Å². The third-order valence-corrected chi connectivity index (χ3v) is 4.44. The monoisotopic (exact) mass is 354 g/mol. The number of hydrogen-bond acceptors (Lipinski definition) is 0. The highest BCUT2D eigenvalue weighted by Crippen LogP contribution is 2.31. The maximum Gasteiger partial charge on any atom is 0.123 e. The van der Waals surface area contributed by atoms with Gasteiger partial charge in [-0.15, -0.1) is 0 Å². The summed E-state index contributed by atoms with van der Waals surface area (Å²) in [5.74, 6) is -0.791. The zero-order valence-corrected chi connectivity index (χ0v) is 14.5. The second-order valence-electron chi connectivity index (χ2n) is 5.96. The first kappa shape index (κ1) is 17.4. The van der Waals surface area contributed by atoms with Crippen molar-refractivity contribution in [1.29, 1.82) is 0 Å². The summed E-state index contributed by atoms with van der Waals surface area (Å²) in [7, 11) is 0. The van der Waals surface area contributed by atoms with Crippen LogP contribution in [0.3, 0.4) is 0 Å². The molecule has 0 atom stereocenters. The highest BCUT2D eigenvalue weighted by atomic mass is 35.5. The zero-order chi connectivity index (χ0) is 17.8. The SMILES string of the molecule is Cc1ccc(/C(Cl)=C/C(c2ccc(F)cc2)c2ccc(F)cc2)cc1. The van der Waals surface area contributed by atoms with E-state index in [-0.39, 0.29) is 17.6 Å².